The van der Waals surface area contributed by atoms with Crippen molar-refractivity contribution in [2.24, 2.45) is 11.7 Å². The van der Waals surface area contributed by atoms with Gasteiger partial charge in [0.25, 0.3) is 5.91 Å². The van der Waals surface area contributed by atoms with Gasteiger partial charge >= 0.3 is 0 Å². The molecule has 0 radical (unpaired) electrons. The van der Waals surface area contributed by atoms with E-state index in [1.54, 1.807) is 23.6 Å². The third-order valence-electron chi connectivity index (χ3n) is 4.06. The van der Waals surface area contributed by atoms with Gasteiger partial charge in [-0.3, -0.25) is 4.79 Å². The van der Waals surface area contributed by atoms with Crippen LogP contribution in [0.2, 0.25) is 0 Å². The van der Waals surface area contributed by atoms with Crippen molar-refractivity contribution in [3.63, 3.8) is 0 Å². The number of amides is 1. The van der Waals surface area contributed by atoms with Gasteiger partial charge in [0.1, 0.15) is 16.5 Å². The maximum absolute atomic E-state index is 13.8. The third kappa shape index (κ3) is 4.45. The molecule has 2 heterocycles. The van der Waals surface area contributed by atoms with Crippen LogP contribution >= 0.6 is 36.2 Å². The Kier molecular flexibility index (Phi) is 8.09. The number of benzene rings is 1. The molecule has 0 saturated carbocycles. The molecule has 1 amide bonds. The first-order valence-electron chi connectivity index (χ1n) is 7.39. The molecule has 0 aliphatic carbocycles. The van der Waals surface area contributed by atoms with Crippen molar-refractivity contribution in [1.82, 2.24) is 9.88 Å². The largest absolute Gasteiger partial charge is 0.337 e. The number of nitrogens with two attached hydrogens (primary N) is 1. The Morgan fingerprint density at radius 3 is 2.58 bits per heavy atom. The van der Waals surface area contributed by atoms with E-state index in [1.165, 1.54) is 17.4 Å². The number of hydrogen-bond donors (Lipinski definition) is 1. The van der Waals surface area contributed by atoms with Crippen LogP contribution in [-0.2, 0) is 0 Å². The van der Waals surface area contributed by atoms with E-state index < -0.39 is 0 Å². The van der Waals surface area contributed by atoms with Crippen LogP contribution in [0.1, 0.15) is 23.3 Å². The Balaban J connectivity index is 0.00000144. The molecule has 1 aliphatic heterocycles. The zero-order valence-electron chi connectivity index (χ0n) is 13.0. The normalized spacial score (nSPS) is 14.7. The van der Waals surface area contributed by atoms with E-state index in [0.29, 0.717) is 41.8 Å². The number of carbonyl (C=O) groups is 1. The summed E-state index contributed by atoms with van der Waals surface area (Å²) in [6.45, 7) is 2.11. The number of thiazole rings is 1. The van der Waals surface area contributed by atoms with Gasteiger partial charge in [-0.25, -0.2) is 9.37 Å². The molecule has 0 unspecified atom stereocenters. The molecule has 3 rings (SSSR count). The average molecular weight is 392 g/mol. The molecule has 2 aromatic rings. The summed E-state index contributed by atoms with van der Waals surface area (Å²) >= 11 is 1.30. The summed E-state index contributed by atoms with van der Waals surface area (Å²) in [5.41, 5.74) is 6.50. The molecule has 2 N–H and O–H groups in total. The highest BCUT2D eigenvalue weighted by Crippen LogP contribution is 2.27. The van der Waals surface area contributed by atoms with Gasteiger partial charge in [-0.15, -0.1) is 36.2 Å². The minimum Gasteiger partial charge on any atom is -0.337 e. The molecule has 1 saturated heterocycles. The molecule has 1 aliphatic rings. The maximum Gasteiger partial charge on any atom is 0.273 e. The summed E-state index contributed by atoms with van der Waals surface area (Å²) in [5, 5.41) is 2.25. The fourth-order valence-corrected chi connectivity index (χ4v) is 3.48. The van der Waals surface area contributed by atoms with Gasteiger partial charge in [0.2, 0.25) is 0 Å². The quantitative estimate of drug-likeness (QED) is 0.868. The van der Waals surface area contributed by atoms with Crippen LogP contribution in [0.4, 0.5) is 4.39 Å². The van der Waals surface area contributed by atoms with Crippen molar-refractivity contribution in [1.29, 1.82) is 0 Å². The van der Waals surface area contributed by atoms with E-state index in [4.69, 9.17) is 5.73 Å². The number of nitrogens with zero attached hydrogens (tertiary/aromatic N) is 2. The van der Waals surface area contributed by atoms with Crippen LogP contribution in [0, 0.1) is 11.7 Å². The Morgan fingerprint density at radius 1 is 1.29 bits per heavy atom. The first-order chi connectivity index (χ1) is 10.7. The maximum atomic E-state index is 13.8. The minimum atomic E-state index is -0.320. The number of likely N-dealkylation sites (tertiary alicyclic amines) is 1. The van der Waals surface area contributed by atoms with Gasteiger partial charge in [-0.2, -0.15) is 0 Å². The highest BCUT2D eigenvalue weighted by atomic mass is 35.5. The highest BCUT2D eigenvalue weighted by Gasteiger charge is 2.24. The van der Waals surface area contributed by atoms with E-state index in [-0.39, 0.29) is 36.5 Å². The third-order valence-corrected chi connectivity index (χ3v) is 4.94. The lowest BCUT2D eigenvalue weighted by molar-refractivity contribution is 0.0688. The van der Waals surface area contributed by atoms with E-state index in [1.807, 2.05) is 4.90 Å². The second-order valence-corrected chi connectivity index (χ2v) is 6.35. The SMILES string of the molecule is Cl.Cl.NCC1CCN(C(=O)c2csc(-c3ccccc3F)n2)CC1. The second kappa shape index (κ2) is 9.32. The number of piperidine rings is 1. The molecule has 0 bridgehead atoms. The second-order valence-electron chi connectivity index (χ2n) is 5.49. The van der Waals surface area contributed by atoms with Gasteiger partial charge in [-0.1, -0.05) is 12.1 Å². The molecule has 0 atom stereocenters. The summed E-state index contributed by atoms with van der Waals surface area (Å²) < 4.78 is 13.8. The van der Waals surface area contributed by atoms with Crippen molar-refractivity contribution < 1.29 is 9.18 Å². The molecule has 1 aromatic carbocycles. The number of halogens is 3. The lowest BCUT2D eigenvalue weighted by Gasteiger charge is -2.30. The molecular weight excluding hydrogens is 372 g/mol. The molecule has 8 heteroatoms. The van der Waals surface area contributed by atoms with Crippen LogP contribution in [0.15, 0.2) is 29.6 Å². The van der Waals surface area contributed by atoms with E-state index >= 15 is 0 Å². The summed E-state index contributed by atoms with van der Waals surface area (Å²) in [7, 11) is 0. The van der Waals surface area contributed by atoms with E-state index in [2.05, 4.69) is 4.98 Å². The van der Waals surface area contributed by atoms with Crippen LogP contribution in [0.3, 0.4) is 0 Å². The Hall–Kier alpha value is -1.21. The predicted molar refractivity (Wildman–Crippen MR) is 99.7 cm³/mol. The number of carbonyl (C=O) groups excluding carboxylic acids is 1. The molecular formula is C16H20Cl2FN3OS. The summed E-state index contributed by atoms with van der Waals surface area (Å²) in [6.07, 6.45) is 1.87. The fourth-order valence-electron chi connectivity index (χ4n) is 2.66. The van der Waals surface area contributed by atoms with Crippen LogP contribution in [-0.4, -0.2) is 35.4 Å². The molecule has 24 heavy (non-hydrogen) atoms. The molecule has 1 fully saturated rings. The van der Waals surface area contributed by atoms with Crippen molar-refractivity contribution >= 4 is 42.1 Å². The zero-order chi connectivity index (χ0) is 15.5. The first-order valence-corrected chi connectivity index (χ1v) is 8.26. The standard InChI is InChI=1S/C16H18FN3OS.2ClH/c17-13-4-2-1-3-12(13)15-19-14(10-22-15)16(21)20-7-5-11(9-18)6-8-20;;/h1-4,10-11H,5-9,18H2;2*1H. The van der Waals surface area contributed by atoms with Crippen molar-refractivity contribution in [3.05, 3.63) is 41.2 Å². The Bertz CT molecular complexity index is 675. The summed E-state index contributed by atoms with van der Waals surface area (Å²) in [6, 6.07) is 6.48. The first kappa shape index (κ1) is 20.8. The van der Waals surface area contributed by atoms with E-state index in [9.17, 15) is 9.18 Å². The monoisotopic (exact) mass is 391 g/mol. The lowest BCUT2D eigenvalue weighted by atomic mass is 9.97. The van der Waals surface area contributed by atoms with Crippen molar-refractivity contribution in [2.75, 3.05) is 19.6 Å². The van der Waals surface area contributed by atoms with Gasteiger partial charge < -0.3 is 10.6 Å². The molecule has 4 nitrogen and oxygen atoms in total. The molecule has 0 spiro atoms. The number of hydrogen-bond acceptors (Lipinski definition) is 4. The topological polar surface area (TPSA) is 59.2 Å². The zero-order valence-corrected chi connectivity index (χ0v) is 15.4. The predicted octanol–water partition coefficient (Wildman–Crippen LogP) is 3.60. The van der Waals surface area contributed by atoms with Crippen molar-refractivity contribution in [3.8, 4) is 10.6 Å². The number of rotatable bonds is 3. The molecule has 132 valence electrons. The van der Waals surface area contributed by atoms with Crippen molar-refractivity contribution in [2.45, 2.75) is 12.8 Å². The lowest BCUT2D eigenvalue weighted by Crippen LogP contribution is -2.40. The Morgan fingerprint density at radius 2 is 1.96 bits per heavy atom. The van der Waals surface area contributed by atoms with Gasteiger partial charge in [0.15, 0.2) is 0 Å². The Labute approximate surface area is 157 Å². The van der Waals surface area contributed by atoms with Gasteiger partial charge in [0, 0.05) is 24.0 Å². The summed E-state index contributed by atoms with van der Waals surface area (Å²) in [4.78, 5) is 18.6. The fraction of sp³-hybridized carbons (Fsp3) is 0.375. The minimum absolute atomic E-state index is 0. The highest BCUT2D eigenvalue weighted by molar-refractivity contribution is 7.13. The average Bonchev–Trinajstić information content (AvgIpc) is 3.04. The molecule has 1 aromatic heterocycles. The van der Waals surface area contributed by atoms with Gasteiger partial charge in [0.05, 0.1) is 0 Å². The van der Waals surface area contributed by atoms with Gasteiger partial charge in [-0.05, 0) is 37.4 Å². The summed E-state index contributed by atoms with van der Waals surface area (Å²) in [5.74, 6) is 0.113. The number of aromatic nitrogens is 1. The van der Waals surface area contributed by atoms with Crippen LogP contribution < -0.4 is 5.73 Å². The smallest absolute Gasteiger partial charge is 0.273 e. The van der Waals surface area contributed by atoms with E-state index in [0.717, 1.165) is 12.8 Å². The van der Waals surface area contributed by atoms with Crippen LogP contribution in [0.5, 0.6) is 0 Å². The van der Waals surface area contributed by atoms with Crippen LogP contribution in [0.25, 0.3) is 10.6 Å².